The van der Waals surface area contributed by atoms with Crippen LogP contribution in [0.1, 0.15) is 15.5 Å². The van der Waals surface area contributed by atoms with Gasteiger partial charge in [-0.15, -0.1) is 11.3 Å². The van der Waals surface area contributed by atoms with Gasteiger partial charge in [-0.1, -0.05) is 0 Å². The second-order valence-corrected chi connectivity index (χ2v) is 5.10. The molecule has 2 rings (SSSR count). The lowest BCUT2D eigenvalue weighted by Gasteiger charge is -2.00. The van der Waals surface area contributed by atoms with Gasteiger partial charge in [0.05, 0.1) is 17.4 Å². The van der Waals surface area contributed by atoms with Crippen molar-refractivity contribution >= 4 is 39.0 Å². The Labute approximate surface area is 116 Å². The zero-order chi connectivity index (χ0) is 13.0. The number of carbonyl (C=O) groups excluding carboxylic acids is 1. The van der Waals surface area contributed by atoms with Crippen LogP contribution in [0.15, 0.2) is 22.4 Å². The highest BCUT2D eigenvalue weighted by molar-refractivity contribution is 9.10. The number of thiazole rings is 1. The van der Waals surface area contributed by atoms with Crippen molar-refractivity contribution in [2.24, 2.45) is 5.73 Å². The normalized spacial score (nSPS) is 10.3. The molecule has 0 aliphatic heterocycles. The second kappa shape index (κ2) is 5.98. The van der Waals surface area contributed by atoms with E-state index in [-0.39, 0.29) is 5.91 Å². The Morgan fingerprint density at radius 3 is 2.94 bits per heavy atom. The highest BCUT2D eigenvalue weighted by atomic mass is 79.9. The van der Waals surface area contributed by atoms with Gasteiger partial charge in [0.2, 0.25) is 0 Å². The zero-order valence-corrected chi connectivity index (χ0v) is 11.7. The van der Waals surface area contributed by atoms with Gasteiger partial charge >= 0.3 is 0 Å². The number of amides is 1. The highest BCUT2D eigenvalue weighted by Crippen LogP contribution is 2.12. The molecule has 0 spiro atoms. The fourth-order valence-corrected chi connectivity index (χ4v) is 2.21. The Balaban J connectivity index is 2.04. The molecule has 0 atom stereocenters. The third-order valence-corrected chi connectivity index (χ3v) is 3.32. The van der Waals surface area contributed by atoms with E-state index in [0.717, 1.165) is 5.01 Å². The SMILES string of the molecule is NCCc1nc(C(=O)Nc2cnc(Br)cn2)cs1. The van der Waals surface area contributed by atoms with E-state index < -0.39 is 0 Å². The van der Waals surface area contributed by atoms with Gasteiger partial charge in [0.15, 0.2) is 5.82 Å². The second-order valence-electron chi connectivity index (χ2n) is 3.34. The maximum absolute atomic E-state index is 11.8. The van der Waals surface area contributed by atoms with Crippen LogP contribution in [0.5, 0.6) is 0 Å². The maximum atomic E-state index is 11.8. The van der Waals surface area contributed by atoms with E-state index in [9.17, 15) is 4.79 Å². The van der Waals surface area contributed by atoms with Gasteiger partial charge in [0.1, 0.15) is 10.3 Å². The first kappa shape index (κ1) is 13.1. The van der Waals surface area contributed by atoms with E-state index in [1.165, 1.54) is 23.7 Å². The van der Waals surface area contributed by atoms with E-state index in [4.69, 9.17) is 5.73 Å². The van der Waals surface area contributed by atoms with Crippen LogP contribution in [-0.2, 0) is 6.42 Å². The molecule has 8 heteroatoms. The number of nitrogens with one attached hydrogen (secondary N) is 1. The van der Waals surface area contributed by atoms with Crippen molar-refractivity contribution in [3.8, 4) is 0 Å². The van der Waals surface area contributed by atoms with Gasteiger partial charge in [-0.3, -0.25) is 4.79 Å². The van der Waals surface area contributed by atoms with E-state index in [1.807, 2.05) is 0 Å². The molecule has 0 aromatic carbocycles. The van der Waals surface area contributed by atoms with Gasteiger partial charge < -0.3 is 11.1 Å². The summed E-state index contributed by atoms with van der Waals surface area (Å²) in [4.78, 5) is 24.0. The van der Waals surface area contributed by atoms with Gasteiger partial charge in [-0.05, 0) is 22.5 Å². The Bertz CT molecular complexity index is 541. The minimum Gasteiger partial charge on any atom is -0.330 e. The predicted molar refractivity (Wildman–Crippen MR) is 72.6 cm³/mol. The lowest BCUT2D eigenvalue weighted by molar-refractivity contribution is 0.102. The van der Waals surface area contributed by atoms with Crippen molar-refractivity contribution in [3.63, 3.8) is 0 Å². The topological polar surface area (TPSA) is 93.8 Å². The van der Waals surface area contributed by atoms with Crippen LogP contribution >= 0.6 is 27.3 Å². The Morgan fingerprint density at radius 1 is 1.44 bits per heavy atom. The average Bonchev–Trinajstić information content (AvgIpc) is 2.81. The number of nitrogens with two attached hydrogens (primary N) is 1. The van der Waals surface area contributed by atoms with Crippen LogP contribution in [0.25, 0.3) is 0 Å². The number of hydrogen-bond donors (Lipinski definition) is 2. The summed E-state index contributed by atoms with van der Waals surface area (Å²) in [6, 6.07) is 0. The third-order valence-electron chi connectivity index (χ3n) is 2.00. The molecule has 1 amide bonds. The molecule has 0 saturated carbocycles. The molecule has 3 N–H and O–H groups in total. The molecule has 0 aliphatic carbocycles. The first-order valence-electron chi connectivity index (χ1n) is 5.12. The van der Waals surface area contributed by atoms with Gasteiger partial charge in [0, 0.05) is 11.8 Å². The molecule has 0 radical (unpaired) electrons. The number of rotatable bonds is 4. The summed E-state index contributed by atoms with van der Waals surface area (Å²) in [6.45, 7) is 0.521. The summed E-state index contributed by atoms with van der Waals surface area (Å²) in [7, 11) is 0. The first-order chi connectivity index (χ1) is 8.69. The van der Waals surface area contributed by atoms with Crippen LogP contribution in [0, 0.1) is 0 Å². The van der Waals surface area contributed by atoms with Crippen molar-refractivity contribution in [3.05, 3.63) is 33.1 Å². The van der Waals surface area contributed by atoms with Crippen molar-refractivity contribution < 1.29 is 4.79 Å². The van der Waals surface area contributed by atoms with Gasteiger partial charge in [-0.2, -0.15) is 0 Å². The Hall–Kier alpha value is -1.38. The lowest BCUT2D eigenvalue weighted by atomic mass is 10.4. The molecule has 0 fully saturated rings. The molecule has 2 aromatic rings. The van der Waals surface area contributed by atoms with Gasteiger partial charge in [0.25, 0.3) is 5.91 Å². The molecule has 0 aliphatic rings. The summed E-state index contributed by atoms with van der Waals surface area (Å²) in [6.07, 6.45) is 3.65. The van der Waals surface area contributed by atoms with Crippen molar-refractivity contribution in [2.45, 2.75) is 6.42 Å². The number of nitrogens with zero attached hydrogens (tertiary/aromatic N) is 3. The minimum atomic E-state index is -0.300. The zero-order valence-electron chi connectivity index (χ0n) is 9.26. The van der Waals surface area contributed by atoms with Crippen molar-refractivity contribution in [1.82, 2.24) is 15.0 Å². The fourth-order valence-electron chi connectivity index (χ4n) is 1.21. The number of hydrogen-bond acceptors (Lipinski definition) is 6. The smallest absolute Gasteiger partial charge is 0.276 e. The first-order valence-corrected chi connectivity index (χ1v) is 6.79. The molecule has 94 valence electrons. The number of aromatic nitrogens is 3. The summed E-state index contributed by atoms with van der Waals surface area (Å²) in [5.74, 6) is 0.0859. The maximum Gasteiger partial charge on any atom is 0.276 e. The van der Waals surface area contributed by atoms with E-state index >= 15 is 0 Å². The monoisotopic (exact) mass is 327 g/mol. The van der Waals surface area contributed by atoms with Crippen molar-refractivity contribution in [2.75, 3.05) is 11.9 Å². The predicted octanol–water partition coefficient (Wildman–Crippen LogP) is 1.45. The number of halogens is 1. The molecule has 0 unspecified atom stereocenters. The molecule has 2 heterocycles. The average molecular weight is 328 g/mol. The largest absolute Gasteiger partial charge is 0.330 e. The van der Waals surface area contributed by atoms with Crippen LogP contribution < -0.4 is 11.1 Å². The highest BCUT2D eigenvalue weighted by Gasteiger charge is 2.11. The third kappa shape index (κ3) is 3.31. The van der Waals surface area contributed by atoms with Crippen LogP contribution in [0.2, 0.25) is 0 Å². The fraction of sp³-hybridized carbons (Fsp3) is 0.200. The van der Waals surface area contributed by atoms with Crippen LogP contribution in [0.4, 0.5) is 5.82 Å². The number of carbonyl (C=O) groups is 1. The van der Waals surface area contributed by atoms with Gasteiger partial charge in [-0.25, -0.2) is 15.0 Å². The molecular weight excluding hydrogens is 318 g/mol. The Kier molecular flexibility index (Phi) is 4.34. The molecule has 0 saturated heterocycles. The molecule has 0 bridgehead atoms. The summed E-state index contributed by atoms with van der Waals surface area (Å²) < 4.78 is 0.611. The molecule has 6 nitrogen and oxygen atoms in total. The van der Waals surface area contributed by atoms with E-state index in [2.05, 4.69) is 36.2 Å². The van der Waals surface area contributed by atoms with Crippen molar-refractivity contribution in [1.29, 1.82) is 0 Å². The summed E-state index contributed by atoms with van der Waals surface area (Å²) >= 11 is 4.59. The quantitative estimate of drug-likeness (QED) is 0.886. The van der Waals surface area contributed by atoms with Crippen LogP contribution in [0.3, 0.4) is 0 Å². The lowest BCUT2D eigenvalue weighted by Crippen LogP contribution is -2.14. The summed E-state index contributed by atoms with van der Waals surface area (Å²) in [5.41, 5.74) is 5.80. The molecular formula is C10H10BrN5OS. The minimum absolute atomic E-state index is 0.300. The Morgan fingerprint density at radius 2 is 2.28 bits per heavy atom. The number of anilines is 1. The van der Waals surface area contributed by atoms with E-state index in [0.29, 0.717) is 29.1 Å². The van der Waals surface area contributed by atoms with Crippen LogP contribution in [-0.4, -0.2) is 27.4 Å². The molecule has 2 aromatic heterocycles. The molecule has 18 heavy (non-hydrogen) atoms. The van der Waals surface area contributed by atoms with E-state index in [1.54, 1.807) is 5.38 Å². The standard InChI is InChI=1S/C10H10BrN5OS/c11-7-3-14-8(4-13-7)16-10(17)6-5-18-9(15-6)1-2-12/h3-5H,1-2,12H2,(H,14,16,17). The summed E-state index contributed by atoms with van der Waals surface area (Å²) in [5, 5.41) is 5.17.